The van der Waals surface area contributed by atoms with Crippen molar-refractivity contribution >= 4 is 33.4 Å². The molecular formula is C23H25N7O2. The molecule has 0 spiro atoms. The van der Waals surface area contributed by atoms with Gasteiger partial charge in [0.1, 0.15) is 11.4 Å². The van der Waals surface area contributed by atoms with Gasteiger partial charge in [-0.3, -0.25) is 9.48 Å². The van der Waals surface area contributed by atoms with Crippen LogP contribution >= 0.6 is 0 Å². The lowest BCUT2D eigenvalue weighted by Gasteiger charge is -2.33. The Hall–Kier alpha value is -3.72. The van der Waals surface area contributed by atoms with Gasteiger partial charge in [0.2, 0.25) is 0 Å². The summed E-state index contributed by atoms with van der Waals surface area (Å²) in [4.78, 5) is 24.3. The van der Waals surface area contributed by atoms with E-state index in [2.05, 4.69) is 37.5 Å². The maximum absolute atomic E-state index is 12.8. The lowest BCUT2D eigenvalue weighted by atomic mass is 10.1. The van der Waals surface area contributed by atoms with Gasteiger partial charge < -0.3 is 20.6 Å². The van der Waals surface area contributed by atoms with E-state index in [1.165, 1.54) is 0 Å². The van der Waals surface area contributed by atoms with Gasteiger partial charge in [0.15, 0.2) is 5.82 Å². The third kappa shape index (κ3) is 3.50. The summed E-state index contributed by atoms with van der Waals surface area (Å²) in [7, 11) is 3.40. The summed E-state index contributed by atoms with van der Waals surface area (Å²) >= 11 is 0. The number of benzene rings is 2. The minimum absolute atomic E-state index is 0.0184. The highest BCUT2D eigenvalue weighted by Crippen LogP contribution is 2.33. The van der Waals surface area contributed by atoms with E-state index >= 15 is 0 Å². The van der Waals surface area contributed by atoms with Crippen LogP contribution in [0.3, 0.4) is 0 Å². The smallest absolute Gasteiger partial charge is 0.270 e. The minimum atomic E-state index is -0.300. The summed E-state index contributed by atoms with van der Waals surface area (Å²) in [6.07, 6.45) is 1.86. The van der Waals surface area contributed by atoms with Crippen LogP contribution in [0.15, 0.2) is 36.5 Å². The van der Waals surface area contributed by atoms with Crippen LogP contribution in [-0.2, 0) is 7.05 Å². The zero-order valence-corrected chi connectivity index (χ0v) is 18.3. The normalized spacial score (nSPS) is 16.6. The molecule has 3 N–H and O–H groups in total. The van der Waals surface area contributed by atoms with Crippen molar-refractivity contribution in [3.8, 4) is 17.1 Å². The number of aryl methyl sites for hydroxylation is 1. The van der Waals surface area contributed by atoms with E-state index in [1.54, 1.807) is 23.9 Å². The maximum atomic E-state index is 12.8. The molecule has 3 heterocycles. The minimum Gasteiger partial charge on any atom is -0.507 e. The number of carbonyl (C=O) groups is 1. The fourth-order valence-electron chi connectivity index (χ4n) is 4.26. The molecule has 32 heavy (non-hydrogen) atoms. The highest BCUT2D eigenvalue weighted by molar-refractivity contribution is 6.05. The number of amides is 1. The van der Waals surface area contributed by atoms with Crippen LogP contribution in [0.4, 0.5) is 5.69 Å². The Kier molecular flexibility index (Phi) is 4.90. The quantitative estimate of drug-likeness (QED) is 0.456. The first-order valence-electron chi connectivity index (χ1n) is 10.6. The summed E-state index contributed by atoms with van der Waals surface area (Å²) < 4.78 is 1.68. The van der Waals surface area contributed by atoms with Crippen molar-refractivity contribution in [2.24, 2.45) is 7.05 Å². The highest BCUT2D eigenvalue weighted by Gasteiger charge is 2.21. The lowest BCUT2D eigenvalue weighted by Crippen LogP contribution is -2.49. The Morgan fingerprint density at radius 3 is 2.84 bits per heavy atom. The third-order valence-electron chi connectivity index (χ3n) is 5.83. The number of phenols is 1. The fraction of sp³-hybridized carbons (Fsp3) is 0.304. The largest absolute Gasteiger partial charge is 0.507 e. The second-order valence-corrected chi connectivity index (χ2v) is 8.21. The van der Waals surface area contributed by atoms with Gasteiger partial charge in [0.05, 0.1) is 16.6 Å². The maximum Gasteiger partial charge on any atom is 0.270 e. The third-order valence-corrected chi connectivity index (χ3v) is 5.83. The van der Waals surface area contributed by atoms with E-state index < -0.39 is 0 Å². The summed E-state index contributed by atoms with van der Waals surface area (Å²) in [5.74, 6) is 0.0131. The Bertz CT molecular complexity index is 1350. The SMILES string of the molecule is CNC(=O)c1nc(-c2cc3cn(C)nc3cc2O)nc2ccc(N3CCN[C@H](C)C3)cc12. The van der Waals surface area contributed by atoms with E-state index in [0.717, 1.165) is 30.7 Å². The number of nitrogens with zero attached hydrogens (tertiary/aromatic N) is 5. The zero-order valence-electron chi connectivity index (χ0n) is 18.3. The average Bonchev–Trinajstić information content (AvgIpc) is 3.15. The van der Waals surface area contributed by atoms with Gasteiger partial charge in [-0.15, -0.1) is 0 Å². The highest BCUT2D eigenvalue weighted by atomic mass is 16.3. The van der Waals surface area contributed by atoms with Crippen LogP contribution in [0, 0.1) is 0 Å². The van der Waals surface area contributed by atoms with Crippen LogP contribution in [0.1, 0.15) is 17.4 Å². The predicted molar refractivity (Wildman–Crippen MR) is 124 cm³/mol. The number of hydrogen-bond acceptors (Lipinski definition) is 7. The molecule has 0 saturated carbocycles. The molecule has 9 heteroatoms. The Morgan fingerprint density at radius 1 is 1.22 bits per heavy atom. The van der Waals surface area contributed by atoms with Gasteiger partial charge in [-0.05, 0) is 31.2 Å². The van der Waals surface area contributed by atoms with Gasteiger partial charge in [0.25, 0.3) is 5.91 Å². The first-order valence-corrected chi connectivity index (χ1v) is 10.6. The van der Waals surface area contributed by atoms with E-state index in [-0.39, 0.29) is 17.4 Å². The molecule has 1 aliphatic heterocycles. The molecule has 0 unspecified atom stereocenters. The molecule has 4 aromatic rings. The van der Waals surface area contributed by atoms with Crippen LogP contribution in [0.25, 0.3) is 33.2 Å². The number of anilines is 1. The van der Waals surface area contributed by atoms with E-state index in [0.29, 0.717) is 33.8 Å². The van der Waals surface area contributed by atoms with Crippen LogP contribution < -0.4 is 15.5 Å². The number of rotatable bonds is 3. The summed E-state index contributed by atoms with van der Waals surface area (Å²) in [5, 5.41) is 22.6. The van der Waals surface area contributed by atoms with Crippen molar-refractivity contribution in [2.45, 2.75) is 13.0 Å². The molecule has 0 bridgehead atoms. The standard InChI is InChI=1S/C23H25N7O2/c1-13-11-30(7-6-25-13)15-4-5-18-16(9-15)21(23(32)24-2)27-22(26-18)17-8-14-12-29(3)28-19(14)10-20(17)31/h4-5,8-10,12-13,25,31H,6-7,11H2,1-3H3,(H,24,32)/t13-/m1/s1. The van der Waals surface area contributed by atoms with Crippen LogP contribution in [0.5, 0.6) is 5.75 Å². The van der Waals surface area contributed by atoms with Crippen molar-refractivity contribution in [3.63, 3.8) is 0 Å². The van der Waals surface area contributed by atoms with Crippen molar-refractivity contribution in [3.05, 3.63) is 42.2 Å². The average molecular weight is 432 g/mol. The lowest BCUT2D eigenvalue weighted by molar-refractivity contribution is 0.0960. The Labute approximate surface area is 185 Å². The second kappa shape index (κ2) is 7.76. The summed E-state index contributed by atoms with van der Waals surface area (Å²) in [6, 6.07) is 9.69. The molecule has 164 valence electrons. The first kappa shape index (κ1) is 20.2. The Balaban J connectivity index is 1.66. The van der Waals surface area contributed by atoms with E-state index in [9.17, 15) is 9.90 Å². The topological polar surface area (TPSA) is 108 Å². The number of carbonyl (C=O) groups excluding carboxylic acids is 1. The molecule has 2 aromatic carbocycles. The molecule has 1 saturated heterocycles. The fourth-order valence-corrected chi connectivity index (χ4v) is 4.26. The van der Waals surface area contributed by atoms with E-state index in [4.69, 9.17) is 0 Å². The zero-order chi connectivity index (χ0) is 22.4. The van der Waals surface area contributed by atoms with Crippen molar-refractivity contribution < 1.29 is 9.90 Å². The predicted octanol–water partition coefficient (Wildman–Crippen LogP) is 2.05. The molecule has 1 fully saturated rings. The number of nitrogens with one attached hydrogen (secondary N) is 2. The first-order chi connectivity index (χ1) is 15.4. The molecule has 1 atom stereocenters. The van der Waals surface area contributed by atoms with Crippen LogP contribution in [0.2, 0.25) is 0 Å². The van der Waals surface area contributed by atoms with Crippen LogP contribution in [-0.4, -0.2) is 63.5 Å². The number of aromatic nitrogens is 4. The van der Waals surface area contributed by atoms with Gasteiger partial charge in [-0.25, -0.2) is 9.97 Å². The number of fused-ring (bicyclic) bond motifs is 2. The van der Waals surface area contributed by atoms with Gasteiger partial charge in [-0.1, -0.05) is 0 Å². The monoisotopic (exact) mass is 431 g/mol. The van der Waals surface area contributed by atoms with E-state index in [1.807, 2.05) is 31.4 Å². The molecule has 0 aliphatic carbocycles. The van der Waals surface area contributed by atoms with Gasteiger partial charge in [0, 0.05) is 68.5 Å². The molecule has 1 amide bonds. The summed E-state index contributed by atoms with van der Waals surface area (Å²) in [5.41, 5.74) is 3.09. The molecule has 1 aliphatic rings. The number of phenolic OH excluding ortho intramolecular Hbond substituents is 1. The number of hydrogen-bond donors (Lipinski definition) is 3. The molecule has 9 nitrogen and oxygen atoms in total. The van der Waals surface area contributed by atoms with Crippen molar-refractivity contribution in [1.82, 2.24) is 30.4 Å². The molecule has 5 rings (SSSR count). The van der Waals surface area contributed by atoms with Crippen molar-refractivity contribution in [1.29, 1.82) is 0 Å². The van der Waals surface area contributed by atoms with Gasteiger partial charge >= 0.3 is 0 Å². The number of aromatic hydroxyl groups is 1. The second-order valence-electron chi connectivity index (χ2n) is 8.21. The molecule has 2 aromatic heterocycles. The van der Waals surface area contributed by atoms with Crippen molar-refractivity contribution in [2.75, 3.05) is 31.6 Å². The summed E-state index contributed by atoms with van der Waals surface area (Å²) in [6.45, 7) is 4.85. The number of piperazine rings is 1. The van der Waals surface area contributed by atoms with Gasteiger partial charge in [-0.2, -0.15) is 5.10 Å². The molecule has 0 radical (unpaired) electrons. The molecular weight excluding hydrogens is 406 g/mol. The Morgan fingerprint density at radius 2 is 2.06 bits per heavy atom.